The molecule has 0 saturated carbocycles. The average molecular weight is 531 g/mol. The van der Waals surface area contributed by atoms with Crippen LogP contribution in [0.4, 0.5) is 5.69 Å². The molecule has 164 valence electrons. The van der Waals surface area contributed by atoms with E-state index in [-0.39, 0.29) is 6.61 Å². The van der Waals surface area contributed by atoms with Crippen LogP contribution < -0.4 is 14.8 Å². The van der Waals surface area contributed by atoms with Gasteiger partial charge in [0.25, 0.3) is 0 Å². The van der Waals surface area contributed by atoms with Gasteiger partial charge in [-0.15, -0.1) is 0 Å². The van der Waals surface area contributed by atoms with Crippen LogP contribution in [-0.4, -0.2) is 6.61 Å². The lowest BCUT2D eigenvalue weighted by Crippen LogP contribution is -2.05. The van der Waals surface area contributed by atoms with Crippen LogP contribution in [0.25, 0.3) is 10.8 Å². The van der Waals surface area contributed by atoms with E-state index in [1.54, 1.807) is 12.1 Å². The first-order valence-electron chi connectivity index (χ1n) is 10.3. The Morgan fingerprint density at radius 3 is 2.31 bits per heavy atom. The lowest BCUT2D eigenvalue weighted by Gasteiger charge is -2.17. The number of anilines is 1. The molecule has 0 aliphatic heterocycles. The number of hydrogen-bond acceptors (Lipinski definition) is 3. The summed E-state index contributed by atoms with van der Waals surface area (Å²) in [6, 6.07) is 23.9. The standard InChI is InChI=1S/C26H22BrCl2NO2/c1-2-31-25-13-18(15-30-24-12-5-8-17-7-3-4-9-19(17)24)21(27)14-26(25)32-16-20-22(28)10-6-11-23(20)29/h3-14,30H,2,15-16H2,1H3. The van der Waals surface area contributed by atoms with Crippen molar-refractivity contribution >= 4 is 55.6 Å². The van der Waals surface area contributed by atoms with Crippen molar-refractivity contribution in [2.45, 2.75) is 20.1 Å². The highest BCUT2D eigenvalue weighted by Gasteiger charge is 2.14. The highest BCUT2D eigenvalue weighted by Crippen LogP contribution is 2.36. The Labute approximate surface area is 206 Å². The molecule has 4 aromatic carbocycles. The number of benzene rings is 4. The van der Waals surface area contributed by atoms with Gasteiger partial charge in [-0.05, 0) is 48.2 Å². The maximum Gasteiger partial charge on any atom is 0.162 e. The Morgan fingerprint density at radius 1 is 0.844 bits per heavy atom. The number of ether oxygens (including phenoxy) is 2. The molecule has 0 amide bonds. The van der Waals surface area contributed by atoms with Crippen molar-refractivity contribution in [3.63, 3.8) is 0 Å². The number of rotatable bonds is 8. The smallest absolute Gasteiger partial charge is 0.162 e. The summed E-state index contributed by atoms with van der Waals surface area (Å²) >= 11 is 16.2. The van der Waals surface area contributed by atoms with E-state index in [4.69, 9.17) is 32.7 Å². The molecular formula is C26H22BrCl2NO2. The zero-order chi connectivity index (χ0) is 22.5. The maximum absolute atomic E-state index is 6.28. The van der Waals surface area contributed by atoms with Gasteiger partial charge >= 0.3 is 0 Å². The Hall–Kier alpha value is -2.40. The summed E-state index contributed by atoms with van der Waals surface area (Å²) in [6.07, 6.45) is 0. The molecule has 0 saturated heterocycles. The zero-order valence-electron chi connectivity index (χ0n) is 17.5. The predicted molar refractivity (Wildman–Crippen MR) is 137 cm³/mol. The average Bonchev–Trinajstić information content (AvgIpc) is 2.79. The van der Waals surface area contributed by atoms with Crippen LogP contribution in [0.3, 0.4) is 0 Å². The third-order valence-corrected chi connectivity index (χ3v) is 6.55. The first kappa shape index (κ1) is 22.8. The summed E-state index contributed by atoms with van der Waals surface area (Å²) in [5, 5.41) is 7.08. The van der Waals surface area contributed by atoms with Gasteiger partial charge in [0, 0.05) is 37.7 Å². The van der Waals surface area contributed by atoms with Crippen LogP contribution in [0, 0.1) is 0 Å². The first-order valence-corrected chi connectivity index (χ1v) is 11.8. The fraction of sp³-hybridized carbons (Fsp3) is 0.154. The van der Waals surface area contributed by atoms with Gasteiger partial charge in [-0.1, -0.05) is 81.6 Å². The van der Waals surface area contributed by atoms with Crippen molar-refractivity contribution in [2.24, 2.45) is 0 Å². The minimum Gasteiger partial charge on any atom is -0.490 e. The Morgan fingerprint density at radius 2 is 1.53 bits per heavy atom. The van der Waals surface area contributed by atoms with E-state index >= 15 is 0 Å². The molecule has 0 heterocycles. The number of hydrogen-bond donors (Lipinski definition) is 1. The normalized spacial score (nSPS) is 10.9. The molecule has 0 atom stereocenters. The molecule has 1 N–H and O–H groups in total. The van der Waals surface area contributed by atoms with Gasteiger partial charge < -0.3 is 14.8 Å². The summed E-state index contributed by atoms with van der Waals surface area (Å²) in [6.45, 7) is 3.36. The quantitative estimate of drug-likeness (QED) is 0.247. The minimum absolute atomic E-state index is 0.249. The van der Waals surface area contributed by atoms with Crippen molar-refractivity contribution < 1.29 is 9.47 Å². The fourth-order valence-corrected chi connectivity index (χ4v) is 4.45. The van der Waals surface area contributed by atoms with Crippen LogP contribution >= 0.6 is 39.1 Å². The number of nitrogens with one attached hydrogen (secondary N) is 1. The van der Waals surface area contributed by atoms with E-state index in [9.17, 15) is 0 Å². The van der Waals surface area contributed by atoms with Gasteiger partial charge in [-0.25, -0.2) is 0 Å². The SMILES string of the molecule is CCOc1cc(CNc2cccc3ccccc23)c(Br)cc1OCc1c(Cl)cccc1Cl. The lowest BCUT2D eigenvalue weighted by atomic mass is 10.1. The van der Waals surface area contributed by atoms with Crippen LogP contribution in [0.15, 0.2) is 77.3 Å². The van der Waals surface area contributed by atoms with E-state index < -0.39 is 0 Å². The van der Waals surface area contributed by atoms with Gasteiger partial charge in [0.05, 0.1) is 6.61 Å². The molecule has 6 heteroatoms. The Kier molecular flexibility index (Phi) is 7.46. The van der Waals surface area contributed by atoms with Crippen molar-refractivity contribution in [2.75, 3.05) is 11.9 Å². The highest BCUT2D eigenvalue weighted by molar-refractivity contribution is 9.10. The molecule has 4 rings (SSSR count). The van der Waals surface area contributed by atoms with Gasteiger partial charge in [0.15, 0.2) is 11.5 Å². The van der Waals surface area contributed by atoms with Crippen molar-refractivity contribution in [3.8, 4) is 11.5 Å². The monoisotopic (exact) mass is 529 g/mol. The molecule has 0 spiro atoms. The van der Waals surface area contributed by atoms with Crippen LogP contribution in [0.1, 0.15) is 18.1 Å². The summed E-state index contributed by atoms with van der Waals surface area (Å²) in [5.41, 5.74) is 2.89. The third-order valence-electron chi connectivity index (χ3n) is 5.11. The van der Waals surface area contributed by atoms with Gasteiger partial charge in [-0.2, -0.15) is 0 Å². The van der Waals surface area contributed by atoms with Crippen molar-refractivity contribution in [3.05, 3.63) is 98.4 Å². The molecule has 0 bridgehead atoms. The Bertz CT molecular complexity index is 1220. The molecule has 0 fully saturated rings. The van der Waals surface area contributed by atoms with E-state index in [0.29, 0.717) is 34.7 Å². The number of fused-ring (bicyclic) bond motifs is 1. The first-order chi connectivity index (χ1) is 15.6. The largest absolute Gasteiger partial charge is 0.490 e. The molecule has 0 aliphatic rings. The Balaban J connectivity index is 1.55. The summed E-state index contributed by atoms with van der Waals surface area (Å²) in [7, 11) is 0. The van der Waals surface area contributed by atoms with Crippen LogP contribution in [0.5, 0.6) is 11.5 Å². The van der Waals surface area contributed by atoms with E-state index in [1.165, 1.54) is 10.8 Å². The highest BCUT2D eigenvalue weighted by atomic mass is 79.9. The summed E-state index contributed by atoms with van der Waals surface area (Å²) in [4.78, 5) is 0. The van der Waals surface area contributed by atoms with Crippen molar-refractivity contribution in [1.82, 2.24) is 0 Å². The van der Waals surface area contributed by atoms with E-state index in [1.807, 2.05) is 37.3 Å². The minimum atomic E-state index is 0.249. The van der Waals surface area contributed by atoms with Gasteiger partial charge in [0.1, 0.15) is 6.61 Å². The predicted octanol–water partition coefficient (Wildman–Crippen LogP) is 8.50. The molecule has 3 nitrogen and oxygen atoms in total. The summed E-state index contributed by atoms with van der Waals surface area (Å²) < 4.78 is 12.8. The fourth-order valence-electron chi connectivity index (χ4n) is 3.48. The molecule has 0 aliphatic carbocycles. The maximum atomic E-state index is 6.28. The molecule has 0 unspecified atom stereocenters. The van der Waals surface area contributed by atoms with Gasteiger partial charge in [0.2, 0.25) is 0 Å². The van der Waals surface area contributed by atoms with Gasteiger partial charge in [-0.3, -0.25) is 0 Å². The molecule has 0 aromatic heterocycles. The molecular weight excluding hydrogens is 509 g/mol. The topological polar surface area (TPSA) is 30.5 Å². The second-order valence-electron chi connectivity index (χ2n) is 7.19. The molecule has 0 radical (unpaired) electrons. The van der Waals surface area contributed by atoms with E-state index in [2.05, 4.69) is 51.6 Å². The summed E-state index contributed by atoms with van der Waals surface area (Å²) in [5.74, 6) is 1.30. The van der Waals surface area contributed by atoms with Crippen LogP contribution in [-0.2, 0) is 13.2 Å². The molecule has 4 aromatic rings. The third kappa shape index (κ3) is 5.15. The second-order valence-corrected chi connectivity index (χ2v) is 8.86. The van der Waals surface area contributed by atoms with E-state index in [0.717, 1.165) is 21.3 Å². The zero-order valence-corrected chi connectivity index (χ0v) is 20.6. The van der Waals surface area contributed by atoms with Crippen molar-refractivity contribution in [1.29, 1.82) is 0 Å². The second kappa shape index (κ2) is 10.5. The van der Waals surface area contributed by atoms with Crippen LogP contribution in [0.2, 0.25) is 10.0 Å². The molecule has 32 heavy (non-hydrogen) atoms. The lowest BCUT2D eigenvalue weighted by molar-refractivity contribution is 0.269. The number of halogens is 3.